The molecule has 0 atom stereocenters. The van der Waals surface area contributed by atoms with E-state index in [2.05, 4.69) is 5.32 Å². The van der Waals surface area contributed by atoms with Crippen molar-refractivity contribution in [2.45, 2.75) is 13.1 Å². The number of nitrogens with two attached hydrogens (primary N) is 1. The number of benzene rings is 2. The van der Waals surface area contributed by atoms with Crippen molar-refractivity contribution in [3.05, 3.63) is 59.2 Å². The molecule has 0 aliphatic carbocycles. The fourth-order valence-corrected chi connectivity index (χ4v) is 1.91. The van der Waals surface area contributed by atoms with Gasteiger partial charge in [-0.2, -0.15) is 13.2 Å². The SMILES string of the molecule is Cc1c(N)cccc1NC(=O)c1ccccc1C(F)(F)F. The Morgan fingerprint density at radius 2 is 1.76 bits per heavy atom. The predicted molar refractivity (Wildman–Crippen MR) is 75.0 cm³/mol. The Hall–Kier alpha value is -2.50. The summed E-state index contributed by atoms with van der Waals surface area (Å²) in [5.74, 6) is -0.823. The molecular formula is C15H13F3N2O. The Labute approximate surface area is 119 Å². The molecule has 0 saturated carbocycles. The molecule has 0 fully saturated rings. The van der Waals surface area contributed by atoms with Crippen molar-refractivity contribution in [2.75, 3.05) is 11.1 Å². The van der Waals surface area contributed by atoms with Crippen LogP contribution in [-0.2, 0) is 6.18 Å². The molecule has 3 N–H and O–H groups in total. The lowest BCUT2D eigenvalue weighted by molar-refractivity contribution is -0.137. The van der Waals surface area contributed by atoms with Crippen molar-refractivity contribution in [2.24, 2.45) is 0 Å². The first-order chi connectivity index (χ1) is 9.80. The van der Waals surface area contributed by atoms with E-state index in [4.69, 9.17) is 5.73 Å². The minimum absolute atomic E-state index is 0.386. The van der Waals surface area contributed by atoms with Gasteiger partial charge in [-0.3, -0.25) is 4.79 Å². The van der Waals surface area contributed by atoms with Gasteiger partial charge >= 0.3 is 6.18 Å². The molecule has 0 aliphatic rings. The van der Waals surface area contributed by atoms with E-state index >= 15 is 0 Å². The average Bonchev–Trinajstić information content (AvgIpc) is 2.43. The van der Waals surface area contributed by atoms with Gasteiger partial charge in [-0.1, -0.05) is 18.2 Å². The zero-order valence-electron chi connectivity index (χ0n) is 11.2. The van der Waals surface area contributed by atoms with Crippen LogP contribution in [0.2, 0.25) is 0 Å². The van der Waals surface area contributed by atoms with Crippen molar-refractivity contribution in [3.8, 4) is 0 Å². The molecule has 6 heteroatoms. The molecule has 110 valence electrons. The Kier molecular flexibility index (Phi) is 3.88. The number of amides is 1. The summed E-state index contributed by atoms with van der Waals surface area (Å²) >= 11 is 0. The van der Waals surface area contributed by atoms with Crippen LogP contribution in [0.25, 0.3) is 0 Å². The van der Waals surface area contributed by atoms with Crippen LogP contribution in [0.4, 0.5) is 24.5 Å². The fraction of sp³-hybridized carbons (Fsp3) is 0.133. The van der Waals surface area contributed by atoms with E-state index in [-0.39, 0.29) is 0 Å². The number of alkyl halides is 3. The van der Waals surface area contributed by atoms with Crippen LogP contribution in [0.3, 0.4) is 0 Å². The number of nitrogens with one attached hydrogen (secondary N) is 1. The lowest BCUT2D eigenvalue weighted by Gasteiger charge is -2.14. The third-order valence-electron chi connectivity index (χ3n) is 3.10. The second-order valence-electron chi connectivity index (χ2n) is 4.52. The number of rotatable bonds is 2. The Morgan fingerprint density at radius 3 is 2.43 bits per heavy atom. The Morgan fingerprint density at radius 1 is 1.10 bits per heavy atom. The van der Waals surface area contributed by atoms with Gasteiger partial charge in [0, 0.05) is 11.4 Å². The third kappa shape index (κ3) is 3.16. The van der Waals surface area contributed by atoms with E-state index in [1.807, 2.05) is 0 Å². The van der Waals surface area contributed by atoms with Gasteiger partial charge in [-0.05, 0) is 36.8 Å². The summed E-state index contributed by atoms with van der Waals surface area (Å²) in [6.07, 6.45) is -4.58. The number of nitrogen functional groups attached to an aromatic ring is 1. The van der Waals surface area contributed by atoms with Crippen LogP contribution >= 0.6 is 0 Å². The number of hydrogen-bond donors (Lipinski definition) is 2. The van der Waals surface area contributed by atoms with E-state index < -0.39 is 23.2 Å². The van der Waals surface area contributed by atoms with E-state index in [1.165, 1.54) is 12.1 Å². The first kappa shape index (κ1) is 14.9. The second-order valence-corrected chi connectivity index (χ2v) is 4.52. The molecule has 0 radical (unpaired) electrons. The van der Waals surface area contributed by atoms with E-state index in [0.717, 1.165) is 12.1 Å². The molecule has 0 heterocycles. The van der Waals surface area contributed by atoms with Crippen LogP contribution in [0.1, 0.15) is 21.5 Å². The maximum absolute atomic E-state index is 12.9. The maximum Gasteiger partial charge on any atom is 0.417 e. The molecule has 0 spiro atoms. The van der Waals surface area contributed by atoms with Gasteiger partial charge in [0.2, 0.25) is 0 Å². The highest BCUT2D eigenvalue weighted by atomic mass is 19.4. The lowest BCUT2D eigenvalue weighted by atomic mass is 10.1. The smallest absolute Gasteiger partial charge is 0.398 e. The third-order valence-corrected chi connectivity index (χ3v) is 3.10. The van der Waals surface area contributed by atoms with Gasteiger partial charge in [0.05, 0.1) is 11.1 Å². The highest BCUT2D eigenvalue weighted by molar-refractivity contribution is 6.06. The lowest BCUT2D eigenvalue weighted by Crippen LogP contribution is -2.19. The molecule has 1 amide bonds. The normalized spacial score (nSPS) is 11.2. The number of halogens is 3. The van der Waals surface area contributed by atoms with Crippen LogP contribution in [0, 0.1) is 6.92 Å². The van der Waals surface area contributed by atoms with Crippen molar-refractivity contribution in [3.63, 3.8) is 0 Å². The van der Waals surface area contributed by atoms with Gasteiger partial charge in [0.15, 0.2) is 0 Å². The first-order valence-electron chi connectivity index (χ1n) is 6.13. The van der Waals surface area contributed by atoms with Crippen LogP contribution in [-0.4, -0.2) is 5.91 Å². The Bertz CT molecular complexity index is 681. The molecule has 0 aromatic heterocycles. The predicted octanol–water partition coefficient (Wildman–Crippen LogP) is 3.85. The highest BCUT2D eigenvalue weighted by Gasteiger charge is 2.34. The van der Waals surface area contributed by atoms with Crippen LogP contribution < -0.4 is 11.1 Å². The topological polar surface area (TPSA) is 55.1 Å². The van der Waals surface area contributed by atoms with Gasteiger partial charge in [-0.15, -0.1) is 0 Å². The summed E-state index contributed by atoms with van der Waals surface area (Å²) in [5, 5.41) is 2.46. The van der Waals surface area contributed by atoms with Crippen molar-refractivity contribution < 1.29 is 18.0 Å². The molecule has 3 nitrogen and oxygen atoms in total. The zero-order valence-corrected chi connectivity index (χ0v) is 11.2. The maximum atomic E-state index is 12.9. The van der Waals surface area contributed by atoms with Crippen molar-refractivity contribution in [1.29, 1.82) is 0 Å². The number of carbonyl (C=O) groups excluding carboxylic acids is 1. The summed E-state index contributed by atoms with van der Waals surface area (Å²) in [7, 11) is 0. The molecule has 0 unspecified atom stereocenters. The summed E-state index contributed by atoms with van der Waals surface area (Å²) in [6, 6.07) is 9.49. The number of anilines is 2. The molecular weight excluding hydrogens is 281 g/mol. The highest BCUT2D eigenvalue weighted by Crippen LogP contribution is 2.32. The largest absolute Gasteiger partial charge is 0.417 e. The number of hydrogen-bond acceptors (Lipinski definition) is 2. The Balaban J connectivity index is 2.36. The second kappa shape index (κ2) is 5.47. The van der Waals surface area contributed by atoms with Crippen molar-refractivity contribution >= 4 is 17.3 Å². The van der Waals surface area contributed by atoms with Crippen molar-refractivity contribution in [1.82, 2.24) is 0 Å². The van der Waals surface area contributed by atoms with Crippen LogP contribution in [0.5, 0.6) is 0 Å². The molecule has 0 saturated heterocycles. The molecule has 0 aliphatic heterocycles. The minimum atomic E-state index is -4.58. The molecule has 21 heavy (non-hydrogen) atoms. The van der Waals surface area contributed by atoms with Crippen LogP contribution in [0.15, 0.2) is 42.5 Å². The van der Waals surface area contributed by atoms with Gasteiger partial charge in [0.1, 0.15) is 0 Å². The minimum Gasteiger partial charge on any atom is -0.398 e. The summed E-state index contributed by atoms with van der Waals surface area (Å²) in [4.78, 5) is 12.1. The van der Waals surface area contributed by atoms with Gasteiger partial charge in [0.25, 0.3) is 5.91 Å². The van der Waals surface area contributed by atoms with E-state index in [9.17, 15) is 18.0 Å². The summed E-state index contributed by atoms with van der Waals surface area (Å²) < 4.78 is 38.7. The zero-order chi connectivity index (χ0) is 15.6. The van der Waals surface area contributed by atoms with Gasteiger partial charge < -0.3 is 11.1 Å². The van der Waals surface area contributed by atoms with E-state index in [1.54, 1.807) is 25.1 Å². The number of carbonyl (C=O) groups is 1. The standard InChI is InChI=1S/C15H13F3N2O/c1-9-12(19)7-4-8-13(9)20-14(21)10-5-2-3-6-11(10)15(16,17)18/h2-8H,19H2,1H3,(H,20,21). The summed E-state index contributed by atoms with van der Waals surface area (Å²) in [6.45, 7) is 1.68. The molecule has 2 aromatic rings. The fourth-order valence-electron chi connectivity index (χ4n) is 1.91. The first-order valence-corrected chi connectivity index (χ1v) is 6.13. The summed E-state index contributed by atoms with van der Waals surface area (Å²) in [5.41, 5.74) is 5.76. The average molecular weight is 294 g/mol. The van der Waals surface area contributed by atoms with E-state index in [0.29, 0.717) is 16.9 Å². The quantitative estimate of drug-likeness (QED) is 0.827. The monoisotopic (exact) mass is 294 g/mol. The molecule has 2 aromatic carbocycles. The van der Waals surface area contributed by atoms with Gasteiger partial charge in [-0.25, -0.2) is 0 Å². The molecule has 2 rings (SSSR count). The molecule has 0 bridgehead atoms.